The molecule has 3 nitrogen and oxygen atoms in total. The fraction of sp³-hybridized carbons (Fsp3) is 0.250. The molecule has 1 unspecified atom stereocenters. The lowest BCUT2D eigenvalue weighted by molar-refractivity contribution is 0.171. The highest BCUT2D eigenvalue weighted by molar-refractivity contribution is 9.10. The van der Waals surface area contributed by atoms with Crippen molar-refractivity contribution in [2.75, 3.05) is 18.5 Å². The molecule has 1 aliphatic heterocycles. The van der Waals surface area contributed by atoms with Crippen molar-refractivity contribution in [3.63, 3.8) is 0 Å². The first-order chi connectivity index (χ1) is 10.1. The number of nitrogens with one attached hydrogen (secondary N) is 1. The standard InChI is InChI=1S/C16H15BrClNO2/c1-10(19-12-3-4-14(18)13(17)9-12)11-2-5-15-16(8-11)21-7-6-20-15/h2-5,8-10,19H,6-7H2,1H3. The van der Waals surface area contributed by atoms with Gasteiger partial charge >= 0.3 is 0 Å². The molecule has 0 saturated heterocycles. The molecule has 1 heterocycles. The van der Waals surface area contributed by atoms with E-state index in [0.29, 0.717) is 18.2 Å². The van der Waals surface area contributed by atoms with Crippen molar-refractivity contribution >= 4 is 33.2 Å². The lowest BCUT2D eigenvalue weighted by Crippen LogP contribution is -2.16. The van der Waals surface area contributed by atoms with Gasteiger partial charge in [-0.05, 0) is 58.7 Å². The van der Waals surface area contributed by atoms with Crippen molar-refractivity contribution in [2.24, 2.45) is 0 Å². The quantitative estimate of drug-likeness (QED) is 0.822. The Morgan fingerprint density at radius 3 is 2.62 bits per heavy atom. The van der Waals surface area contributed by atoms with E-state index in [1.165, 1.54) is 0 Å². The van der Waals surface area contributed by atoms with Gasteiger partial charge in [-0.25, -0.2) is 0 Å². The van der Waals surface area contributed by atoms with Crippen LogP contribution in [0.25, 0.3) is 0 Å². The van der Waals surface area contributed by atoms with Crippen LogP contribution in [0.3, 0.4) is 0 Å². The first-order valence-electron chi connectivity index (χ1n) is 6.74. The van der Waals surface area contributed by atoms with E-state index in [2.05, 4.69) is 34.2 Å². The smallest absolute Gasteiger partial charge is 0.161 e. The second kappa shape index (κ2) is 6.16. The highest BCUT2D eigenvalue weighted by Crippen LogP contribution is 2.34. The van der Waals surface area contributed by atoms with Gasteiger partial charge in [0.05, 0.1) is 5.02 Å². The maximum atomic E-state index is 6.01. The number of rotatable bonds is 3. The molecule has 0 aromatic heterocycles. The van der Waals surface area contributed by atoms with Gasteiger partial charge in [0.1, 0.15) is 13.2 Å². The second-order valence-corrected chi connectivity index (χ2v) is 6.16. The van der Waals surface area contributed by atoms with Gasteiger partial charge in [0.25, 0.3) is 0 Å². The Morgan fingerprint density at radius 2 is 1.86 bits per heavy atom. The van der Waals surface area contributed by atoms with Crippen molar-refractivity contribution in [3.8, 4) is 11.5 Å². The second-order valence-electron chi connectivity index (χ2n) is 4.90. The molecule has 2 aromatic rings. The number of ether oxygens (including phenoxy) is 2. The fourth-order valence-electron chi connectivity index (χ4n) is 2.25. The molecule has 0 spiro atoms. The molecule has 21 heavy (non-hydrogen) atoms. The first-order valence-corrected chi connectivity index (χ1v) is 7.92. The van der Waals surface area contributed by atoms with Crippen molar-refractivity contribution in [2.45, 2.75) is 13.0 Å². The van der Waals surface area contributed by atoms with E-state index in [4.69, 9.17) is 21.1 Å². The van der Waals surface area contributed by atoms with Crippen molar-refractivity contribution in [1.29, 1.82) is 0 Å². The van der Waals surface area contributed by atoms with Crippen LogP contribution in [0.2, 0.25) is 5.02 Å². The maximum Gasteiger partial charge on any atom is 0.161 e. The fourth-order valence-corrected chi connectivity index (χ4v) is 2.74. The molecular weight excluding hydrogens is 354 g/mol. The molecule has 5 heteroatoms. The number of hydrogen-bond donors (Lipinski definition) is 1. The molecule has 2 aromatic carbocycles. The van der Waals surface area contributed by atoms with Gasteiger partial charge in [-0.1, -0.05) is 17.7 Å². The zero-order valence-corrected chi connectivity index (χ0v) is 13.9. The van der Waals surface area contributed by atoms with Crippen molar-refractivity contribution in [3.05, 3.63) is 51.5 Å². The summed E-state index contributed by atoms with van der Waals surface area (Å²) >= 11 is 9.44. The predicted octanol–water partition coefficient (Wildman–Crippen LogP) is 5.05. The van der Waals surface area contributed by atoms with E-state index in [0.717, 1.165) is 27.2 Å². The Bertz CT molecular complexity index is 663. The van der Waals surface area contributed by atoms with Crippen LogP contribution in [0.15, 0.2) is 40.9 Å². The monoisotopic (exact) mass is 367 g/mol. The van der Waals surface area contributed by atoms with Gasteiger partial charge in [0.15, 0.2) is 11.5 Å². The van der Waals surface area contributed by atoms with Crippen LogP contribution in [-0.4, -0.2) is 13.2 Å². The van der Waals surface area contributed by atoms with E-state index in [9.17, 15) is 0 Å². The molecule has 1 aliphatic rings. The number of fused-ring (bicyclic) bond motifs is 1. The Balaban J connectivity index is 1.78. The topological polar surface area (TPSA) is 30.5 Å². The van der Waals surface area contributed by atoms with E-state index in [-0.39, 0.29) is 6.04 Å². The van der Waals surface area contributed by atoms with Gasteiger partial charge in [0.2, 0.25) is 0 Å². The summed E-state index contributed by atoms with van der Waals surface area (Å²) in [5.41, 5.74) is 2.15. The van der Waals surface area contributed by atoms with E-state index in [1.54, 1.807) is 0 Å². The van der Waals surface area contributed by atoms with Crippen LogP contribution in [0, 0.1) is 0 Å². The number of benzene rings is 2. The minimum atomic E-state index is 0.147. The molecule has 0 fully saturated rings. The van der Waals surface area contributed by atoms with Crippen LogP contribution in [0.5, 0.6) is 11.5 Å². The third-order valence-corrected chi connectivity index (χ3v) is 4.58. The average Bonchev–Trinajstić information content (AvgIpc) is 2.50. The van der Waals surface area contributed by atoms with Gasteiger partial charge in [0, 0.05) is 16.2 Å². The molecule has 0 bridgehead atoms. The molecule has 3 rings (SSSR count). The van der Waals surface area contributed by atoms with Gasteiger partial charge in [-0.15, -0.1) is 0 Å². The van der Waals surface area contributed by atoms with Crippen LogP contribution < -0.4 is 14.8 Å². The summed E-state index contributed by atoms with van der Waals surface area (Å²) in [4.78, 5) is 0. The van der Waals surface area contributed by atoms with Gasteiger partial charge in [-0.2, -0.15) is 0 Å². The molecule has 0 aliphatic carbocycles. The van der Waals surface area contributed by atoms with Gasteiger partial charge < -0.3 is 14.8 Å². The predicted molar refractivity (Wildman–Crippen MR) is 88.6 cm³/mol. The zero-order valence-electron chi connectivity index (χ0n) is 11.5. The van der Waals surface area contributed by atoms with Crippen molar-refractivity contribution < 1.29 is 9.47 Å². The molecular formula is C16H15BrClNO2. The lowest BCUT2D eigenvalue weighted by Gasteiger charge is -2.21. The number of anilines is 1. The lowest BCUT2D eigenvalue weighted by atomic mass is 10.1. The SMILES string of the molecule is CC(Nc1ccc(Cl)c(Br)c1)c1ccc2c(c1)OCCO2. The summed E-state index contributed by atoms with van der Waals surface area (Å²) in [5, 5.41) is 4.15. The summed E-state index contributed by atoms with van der Waals surface area (Å²) in [5.74, 6) is 1.62. The third-order valence-electron chi connectivity index (χ3n) is 3.37. The van der Waals surface area contributed by atoms with E-state index in [1.807, 2.05) is 30.3 Å². The molecule has 0 radical (unpaired) electrons. The van der Waals surface area contributed by atoms with Crippen molar-refractivity contribution in [1.82, 2.24) is 0 Å². The normalized spacial score (nSPS) is 14.6. The first kappa shape index (κ1) is 14.5. The van der Waals surface area contributed by atoms with Crippen LogP contribution in [0.4, 0.5) is 5.69 Å². The molecule has 1 atom stereocenters. The third kappa shape index (κ3) is 3.27. The number of hydrogen-bond acceptors (Lipinski definition) is 3. The average molecular weight is 369 g/mol. The Labute approximate surface area is 137 Å². The molecule has 1 N–H and O–H groups in total. The molecule has 0 amide bonds. The Morgan fingerprint density at radius 1 is 1.10 bits per heavy atom. The number of halogens is 2. The van der Waals surface area contributed by atoms with E-state index < -0.39 is 0 Å². The minimum Gasteiger partial charge on any atom is -0.486 e. The highest BCUT2D eigenvalue weighted by atomic mass is 79.9. The molecule has 110 valence electrons. The zero-order chi connectivity index (χ0) is 14.8. The summed E-state index contributed by atoms with van der Waals surface area (Å²) < 4.78 is 12.0. The van der Waals surface area contributed by atoms with Gasteiger partial charge in [-0.3, -0.25) is 0 Å². The van der Waals surface area contributed by atoms with Crippen LogP contribution in [-0.2, 0) is 0 Å². The Hall–Kier alpha value is -1.39. The van der Waals surface area contributed by atoms with Crippen LogP contribution >= 0.6 is 27.5 Å². The minimum absolute atomic E-state index is 0.147. The van der Waals surface area contributed by atoms with Crippen LogP contribution in [0.1, 0.15) is 18.5 Å². The molecule has 0 saturated carbocycles. The summed E-state index contributed by atoms with van der Waals surface area (Å²) in [6.45, 7) is 3.31. The largest absolute Gasteiger partial charge is 0.486 e. The Kier molecular flexibility index (Phi) is 4.27. The summed E-state index contributed by atoms with van der Waals surface area (Å²) in [7, 11) is 0. The highest BCUT2D eigenvalue weighted by Gasteiger charge is 2.14. The summed E-state index contributed by atoms with van der Waals surface area (Å²) in [6, 6.07) is 12.0. The van der Waals surface area contributed by atoms with E-state index >= 15 is 0 Å². The maximum absolute atomic E-state index is 6.01. The summed E-state index contributed by atoms with van der Waals surface area (Å²) in [6.07, 6.45) is 0.